The van der Waals surface area contributed by atoms with Crippen molar-refractivity contribution in [3.63, 3.8) is 0 Å². The maximum absolute atomic E-state index is 5.20. The largest absolute Gasteiger partial charge is 0.361 e. The first kappa shape index (κ1) is 22.8. The standard InChI is InChI=1S/C33H29N5/c1-2-10-29-24(6-1)8-5-9-25(29)7-3-4-18-37-19-14-27(15-20-37)33-36-32(31-23-34-17-21-38(31)33)28-12-11-26-13-16-35-30(26)22-28/h1-2,5-6,8-13,16-17,21-23,27,35H,4,14-15,18-20H2. The number of imidazole rings is 1. The van der Waals surface area contributed by atoms with Gasteiger partial charge in [0.05, 0.1) is 17.4 Å². The first-order valence-electron chi connectivity index (χ1n) is 13.4. The molecule has 0 unspecified atom stereocenters. The van der Waals surface area contributed by atoms with Crippen LogP contribution in [0.15, 0.2) is 91.5 Å². The van der Waals surface area contributed by atoms with E-state index in [1.165, 1.54) is 16.2 Å². The van der Waals surface area contributed by atoms with Gasteiger partial charge in [-0.25, -0.2) is 4.98 Å². The molecular formula is C33H29N5. The number of aromatic amines is 1. The van der Waals surface area contributed by atoms with E-state index in [0.717, 1.165) is 72.6 Å². The Morgan fingerprint density at radius 3 is 2.79 bits per heavy atom. The number of likely N-dealkylation sites (tertiary alicyclic amines) is 1. The number of H-pyrrole nitrogens is 1. The molecule has 0 atom stereocenters. The summed E-state index contributed by atoms with van der Waals surface area (Å²) in [5.41, 5.74) is 5.45. The second-order valence-corrected chi connectivity index (χ2v) is 10.1. The minimum atomic E-state index is 0.436. The van der Waals surface area contributed by atoms with E-state index >= 15 is 0 Å². The van der Waals surface area contributed by atoms with Crippen molar-refractivity contribution in [3.8, 4) is 23.1 Å². The van der Waals surface area contributed by atoms with Crippen LogP contribution in [0.1, 0.15) is 36.6 Å². The summed E-state index contributed by atoms with van der Waals surface area (Å²) in [5.74, 6) is 8.42. The molecule has 0 spiro atoms. The number of rotatable bonds is 4. The third-order valence-electron chi connectivity index (χ3n) is 7.82. The van der Waals surface area contributed by atoms with Crippen molar-refractivity contribution in [2.45, 2.75) is 25.2 Å². The van der Waals surface area contributed by atoms with Crippen LogP contribution in [0.4, 0.5) is 0 Å². The van der Waals surface area contributed by atoms with Crippen molar-refractivity contribution < 1.29 is 0 Å². The van der Waals surface area contributed by atoms with Gasteiger partial charge in [0.2, 0.25) is 0 Å². The Bertz CT molecular complexity index is 1800. The summed E-state index contributed by atoms with van der Waals surface area (Å²) in [7, 11) is 0. The zero-order valence-corrected chi connectivity index (χ0v) is 21.3. The van der Waals surface area contributed by atoms with Crippen LogP contribution < -0.4 is 0 Å². The van der Waals surface area contributed by atoms with Crippen LogP contribution in [-0.2, 0) is 0 Å². The molecule has 0 saturated carbocycles. The van der Waals surface area contributed by atoms with Crippen molar-refractivity contribution in [1.82, 2.24) is 24.3 Å². The number of benzene rings is 3. The molecule has 5 heteroatoms. The van der Waals surface area contributed by atoms with Crippen molar-refractivity contribution in [3.05, 3.63) is 103 Å². The van der Waals surface area contributed by atoms with Gasteiger partial charge < -0.3 is 9.88 Å². The SMILES string of the molecule is C(#Cc1cccc2ccccc12)CCN1CCC(c2nc(-c3ccc4cc[nH]c4c3)c3cnccn23)CC1. The molecule has 0 bridgehead atoms. The molecule has 7 rings (SSSR count). The zero-order valence-electron chi connectivity index (χ0n) is 21.3. The van der Waals surface area contributed by atoms with Gasteiger partial charge in [0.15, 0.2) is 0 Å². The van der Waals surface area contributed by atoms with E-state index in [0.29, 0.717) is 5.92 Å². The number of piperidine rings is 1. The number of hydrogen-bond donors (Lipinski definition) is 1. The van der Waals surface area contributed by atoms with Gasteiger partial charge in [-0.1, -0.05) is 60.4 Å². The lowest BCUT2D eigenvalue weighted by Gasteiger charge is -2.30. The highest BCUT2D eigenvalue weighted by Crippen LogP contribution is 2.33. The van der Waals surface area contributed by atoms with Gasteiger partial charge >= 0.3 is 0 Å². The number of fused-ring (bicyclic) bond motifs is 3. The summed E-state index contributed by atoms with van der Waals surface area (Å²) < 4.78 is 2.25. The fraction of sp³-hybridized carbons (Fsp3) is 0.212. The Balaban J connectivity index is 1.04. The molecule has 4 heterocycles. The second-order valence-electron chi connectivity index (χ2n) is 10.1. The molecule has 1 N–H and O–H groups in total. The van der Waals surface area contributed by atoms with Crippen LogP contribution in [0.3, 0.4) is 0 Å². The van der Waals surface area contributed by atoms with Crippen molar-refractivity contribution >= 4 is 27.2 Å². The summed E-state index contributed by atoms with van der Waals surface area (Å²) >= 11 is 0. The topological polar surface area (TPSA) is 49.2 Å². The molecule has 3 aromatic heterocycles. The number of nitrogens with zero attached hydrogens (tertiary/aromatic N) is 4. The molecule has 3 aromatic carbocycles. The lowest BCUT2D eigenvalue weighted by molar-refractivity contribution is 0.213. The quantitative estimate of drug-likeness (QED) is 0.279. The van der Waals surface area contributed by atoms with E-state index in [1.807, 2.05) is 18.6 Å². The lowest BCUT2D eigenvalue weighted by Crippen LogP contribution is -2.34. The molecule has 186 valence electrons. The second kappa shape index (κ2) is 9.81. The summed E-state index contributed by atoms with van der Waals surface area (Å²) in [6.07, 6.45) is 10.9. The maximum Gasteiger partial charge on any atom is 0.117 e. The molecule has 38 heavy (non-hydrogen) atoms. The summed E-state index contributed by atoms with van der Waals surface area (Å²) in [4.78, 5) is 15.5. The van der Waals surface area contributed by atoms with Gasteiger partial charge in [-0.05, 0) is 60.3 Å². The lowest BCUT2D eigenvalue weighted by atomic mass is 9.96. The minimum absolute atomic E-state index is 0.436. The van der Waals surface area contributed by atoms with Crippen LogP contribution in [0.5, 0.6) is 0 Å². The molecule has 0 amide bonds. The zero-order chi connectivity index (χ0) is 25.3. The van der Waals surface area contributed by atoms with E-state index in [2.05, 4.69) is 104 Å². The number of aromatic nitrogens is 4. The van der Waals surface area contributed by atoms with Crippen molar-refractivity contribution in [2.24, 2.45) is 0 Å². The fourth-order valence-electron chi connectivity index (χ4n) is 5.78. The molecule has 1 saturated heterocycles. The highest BCUT2D eigenvalue weighted by molar-refractivity contribution is 5.88. The Labute approximate surface area is 222 Å². The predicted molar refractivity (Wildman–Crippen MR) is 154 cm³/mol. The third-order valence-corrected chi connectivity index (χ3v) is 7.82. The van der Waals surface area contributed by atoms with Gasteiger partial charge in [0, 0.05) is 54.1 Å². The van der Waals surface area contributed by atoms with E-state index < -0.39 is 0 Å². The molecule has 0 radical (unpaired) electrons. The average Bonchev–Trinajstić information content (AvgIpc) is 3.60. The summed E-state index contributed by atoms with van der Waals surface area (Å²) in [6, 6.07) is 23.4. The van der Waals surface area contributed by atoms with Crippen LogP contribution in [0.25, 0.3) is 38.4 Å². The van der Waals surface area contributed by atoms with E-state index in [4.69, 9.17) is 4.98 Å². The number of nitrogens with one attached hydrogen (secondary N) is 1. The fourth-order valence-corrected chi connectivity index (χ4v) is 5.78. The van der Waals surface area contributed by atoms with Gasteiger partial charge in [0.25, 0.3) is 0 Å². The monoisotopic (exact) mass is 495 g/mol. The van der Waals surface area contributed by atoms with E-state index in [9.17, 15) is 0 Å². The average molecular weight is 496 g/mol. The first-order chi connectivity index (χ1) is 18.8. The van der Waals surface area contributed by atoms with Gasteiger partial charge in [-0.3, -0.25) is 9.38 Å². The van der Waals surface area contributed by atoms with E-state index in [-0.39, 0.29) is 0 Å². The van der Waals surface area contributed by atoms with Gasteiger partial charge in [-0.15, -0.1) is 0 Å². The molecule has 1 aliphatic heterocycles. The van der Waals surface area contributed by atoms with Crippen LogP contribution >= 0.6 is 0 Å². The number of hydrogen-bond acceptors (Lipinski definition) is 3. The van der Waals surface area contributed by atoms with Crippen LogP contribution in [0.2, 0.25) is 0 Å². The smallest absolute Gasteiger partial charge is 0.117 e. The van der Waals surface area contributed by atoms with Crippen LogP contribution in [-0.4, -0.2) is 43.9 Å². The first-order valence-corrected chi connectivity index (χ1v) is 13.4. The molecule has 6 aromatic rings. The molecule has 5 nitrogen and oxygen atoms in total. The highest BCUT2D eigenvalue weighted by Gasteiger charge is 2.25. The summed E-state index contributed by atoms with van der Waals surface area (Å²) in [6.45, 7) is 3.16. The molecule has 1 aliphatic rings. The summed E-state index contributed by atoms with van der Waals surface area (Å²) in [5, 5.41) is 3.69. The molecule has 1 fully saturated rings. The van der Waals surface area contributed by atoms with E-state index in [1.54, 1.807) is 0 Å². The highest BCUT2D eigenvalue weighted by atomic mass is 15.1. The van der Waals surface area contributed by atoms with Crippen molar-refractivity contribution in [2.75, 3.05) is 19.6 Å². The Kier molecular flexibility index (Phi) is 5.88. The molecule has 0 aliphatic carbocycles. The minimum Gasteiger partial charge on any atom is -0.361 e. The van der Waals surface area contributed by atoms with Crippen molar-refractivity contribution in [1.29, 1.82) is 0 Å². The Morgan fingerprint density at radius 1 is 0.947 bits per heavy atom. The molecular weight excluding hydrogens is 466 g/mol. The Morgan fingerprint density at radius 2 is 1.84 bits per heavy atom. The van der Waals surface area contributed by atoms with Gasteiger partial charge in [0.1, 0.15) is 5.82 Å². The maximum atomic E-state index is 5.20. The predicted octanol–water partition coefficient (Wildman–Crippen LogP) is 6.65. The van der Waals surface area contributed by atoms with Gasteiger partial charge in [-0.2, -0.15) is 0 Å². The van der Waals surface area contributed by atoms with Crippen LogP contribution in [0, 0.1) is 11.8 Å². The Hall–Kier alpha value is -4.40. The normalized spacial score (nSPS) is 14.7. The third kappa shape index (κ3) is 4.23.